The summed E-state index contributed by atoms with van der Waals surface area (Å²) < 4.78 is 49.1. The average Bonchev–Trinajstić information content (AvgIpc) is 2.78. The minimum atomic E-state index is -4.45. The van der Waals surface area contributed by atoms with Crippen LogP contribution in [0.5, 0.6) is 0 Å². The lowest BCUT2D eigenvalue weighted by molar-refractivity contribution is -0.171. The summed E-state index contributed by atoms with van der Waals surface area (Å²) in [6, 6.07) is 5.16. The second-order valence-electron chi connectivity index (χ2n) is 3.70. The van der Waals surface area contributed by atoms with Crippen molar-refractivity contribution in [2.24, 2.45) is 5.73 Å². The van der Waals surface area contributed by atoms with E-state index in [2.05, 4.69) is 0 Å². The maximum atomic E-state index is 12.9. The maximum Gasteiger partial charge on any atom is 0.416 e. The normalized spacial score (nSPS) is 19.5. The fraction of sp³-hybridized carbons (Fsp3) is 0.455. The second-order valence-corrected chi connectivity index (χ2v) is 3.70. The van der Waals surface area contributed by atoms with Crippen molar-refractivity contribution in [2.75, 3.05) is 19.8 Å². The monoisotopic (exact) mass is 247 g/mol. The minimum absolute atomic E-state index is 0.0625. The van der Waals surface area contributed by atoms with Crippen molar-refractivity contribution in [1.82, 2.24) is 0 Å². The highest BCUT2D eigenvalue weighted by Gasteiger charge is 2.44. The van der Waals surface area contributed by atoms with Gasteiger partial charge in [0.15, 0.2) is 0 Å². The van der Waals surface area contributed by atoms with Crippen LogP contribution < -0.4 is 5.73 Å². The van der Waals surface area contributed by atoms with Gasteiger partial charge in [-0.05, 0) is 6.07 Å². The Morgan fingerprint density at radius 2 is 1.76 bits per heavy atom. The van der Waals surface area contributed by atoms with Crippen LogP contribution in [0, 0.1) is 0 Å². The Bertz CT molecular complexity index is 400. The molecule has 17 heavy (non-hydrogen) atoms. The van der Waals surface area contributed by atoms with Crippen LogP contribution in [0.3, 0.4) is 0 Å². The molecule has 1 fully saturated rings. The molecule has 0 radical (unpaired) electrons. The van der Waals surface area contributed by atoms with Gasteiger partial charge in [-0.2, -0.15) is 13.2 Å². The van der Waals surface area contributed by atoms with E-state index in [1.807, 2.05) is 0 Å². The average molecular weight is 247 g/mol. The van der Waals surface area contributed by atoms with Crippen LogP contribution in [-0.4, -0.2) is 19.8 Å². The molecule has 6 heteroatoms. The van der Waals surface area contributed by atoms with Crippen molar-refractivity contribution in [3.63, 3.8) is 0 Å². The zero-order valence-corrected chi connectivity index (χ0v) is 8.96. The van der Waals surface area contributed by atoms with Crippen molar-refractivity contribution in [3.05, 3.63) is 35.4 Å². The minimum Gasteiger partial charge on any atom is -0.342 e. The third-order valence-corrected chi connectivity index (χ3v) is 2.67. The molecule has 1 saturated heterocycles. The molecule has 1 aliphatic heterocycles. The van der Waals surface area contributed by atoms with Crippen molar-refractivity contribution < 1.29 is 22.6 Å². The van der Waals surface area contributed by atoms with Gasteiger partial charge in [-0.15, -0.1) is 0 Å². The summed E-state index contributed by atoms with van der Waals surface area (Å²) in [5.74, 6) is -1.47. The van der Waals surface area contributed by atoms with Crippen molar-refractivity contribution in [1.29, 1.82) is 0 Å². The number of rotatable bonds is 2. The molecule has 2 rings (SSSR count). The Morgan fingerprint density at radius 1 is 1.18 bits per heavy atom. The number of ether oxygens (including phenoxy) is 2. The van der Waals surface area contributed by atoms with E-state index < -0.39 is 17.5 Å². The van der Waals surface area contributed by atoms with E-state index in [0.717, 1.165) is 6.07 Å². The van der Waals surface area contributed by atoms with Gasteiger partial charge in [0.1, 0.15) is 0 Å². The second kappa shape index (κ2) is 4.29. The van der Waals surface area contributed by atoms with Gasteiger partial charge >= 0.3 is 6.18 Å². The fourth-order valence-corrected chi connectivity index (χ4v) is 1.90. The fourth-order valence-electron chi connectivity index (χ4n) is 1.90. The van der Waals surface area contributed by atoms with Crippen LogP contribution in [-0.2, 0) is 21.4 Å². The number of halogens is 3. The van der Waals surface area contributed by atoms with Crippen molar-refractivity contribution in [3.8, 4) is 0 Å². The third kappa shape index (κ3) is 2.15. The highest BCUT2D eigenvalue weighted by atomic mass is 19.4. The lowest BCUT2D eigenvalue weighted by atomic mass is 9.99. The van der Waals surface area contributed by atoms with Crippen LogP contribution in [0.15, 0.2) is 24.3 Å². The molecule has 1 heterocycles. The van der Waals surface area contributed by atoms with Gasteiger partial charge in [0.05, 0.1) is 25.3 Å². The first-order valence-corrected chi connectivity index (χ1v) is 5.14. The standard InChI is InChI=1S/C11H12F3NO2/c12-11(13,14)9-4-2-1-3-8(9)10(7-15)16-5-6-17-10/h1-4H,5-7,15H2. The lowest BCUT2D eigenvalue weighted by Crippen LogP contribution is -2.38. The number of nitrogens with two attached hydrogens (primary N) is 1. The van der Waals surface area contributed by atoms with Crippen LogP contribution in [0.4, 0.5) is 13.2 Å². The smallest absolute Gasteiger partial charge is 0.342 e. The number of hydrogen-bond acceptors (Lipinski definition) is 3. The quantitative estimate of drug-likeness (QED) is 0.867. The molecule has 0 atom stereocenters. The molecule has 0 aromatic heterocycles. The summed E-state index contributed by atoms with van der Waals surface area (Å²) in [7, 11) is 0. The zero-order chi connectivity index (χ0) is 12.5. The summed E-state index contributed by atoms with van der Waals surface area (Å²) in [5, 5.41) is 0. The summed E-state index contributed by atoms with van der Waals surface area (Å²) >= 11 is 0. The Kier molecular flexibility index (Phi) is 3.11. The molecular formula is C11H12F3NO2. The molecule has 0 unspecified atom stereocenters. The number of benzene rings is 1. The SMILES string of the molecule is NCC1(c2ccccc2C(F)(F)F)OCCO1. The molecule has 1 aromatic carbocycles. The van der Waals surface area contributed by atoms with Gasteiger partial charge < -0.3 is 15.2 Å². The molecule has 0 amide bonds. The maximum absolute atomic E-state index is 12.9. The van der Waals surface area contributed by atoms with Crippen LogP contribution in [0.1, 0.15) is 11.1 Å². The molecular weight excluding hydrogens is 235 g/mol. The molecule has 0 spiro atoms. The van der Waals surface area contributed by atoms with Gasteiger partial charge in [0.2, 0.25) is 5.79 Å². The van der Waals surface area contributed by atoms with Crippen molar-refractivity contribution in [2.45, 2.75) is 12.0 Å². The summed E-state index contributed by atoms with van der Waals surface area (Å²) in [4.78, 5) is 0. The zero-order valence-electron chi connectivity index (χ0n) is 8.96. The molecule has 94 valence electrons. The van der Waals surface area contributed by atoms with Gasteiger partial charge in [-0.1, -0.05) is 18.2 Å². The first kappa shape index (κ1) is 12.3. The third-order valence-electron chi connectivity index (χ3n) is 2.67. The number of alkyl halides is 3. The van der Waals surface area contributed by atoms with E-state index in [9.17, 15) is 13.2 Å². The summed E-state index contributed by atoms with van der Waals surface area (Å²) in [6.45, 7) is 0.326. The van der Waals surface area contributed by atoms with E-state index in [1.54, 1.807) is 0 Å². The summed E-state index contributed by atoms with van der Waals surface area (Å²) in [6.07, 6.45) is -4.45. The predicted molar refractivity (Wildman–Crippen MR) is 54.1 cm³/mol. The van der Waals surface area contributed by atoms with Crippen LogP contribution in [0.25, 0.3) is 0 Å². The van der Waals surface area contributed by atoms with Gasteiger partial charge in [-0.3, -0.25) is 0 Å². The van der Waals surface area contributed by atoms with Crippen LogP contribution in [0.2, 0.25) is 0 Å². The van der Waals surface area contributed by atoms with E-state index >= 15 is 0 Å². The van der Waals surface area contributed by atoms with E-state index in [0.29, 0.717) is 0 Å². The van der Waals surface area contributed by atoms with Gasteiger partial charge in [0, 0.05) is 5.56 Å². The molecule has 0 aliphatic carbocycles. The Hall–Kier alpha value is -1.11. The highest BCUT2D eigenvalue weighted by molar-refractivity contribution is 5.34. The Balaban J connectivity index is 2.51. The molecule has 1 aromatic rings. The summed E-state index contributed by atoms with van der Waals surface area (Å²) in [5.41, 5.74) is 4.66. The molecule has 0 saturated carbocycles. The van der Waals surface area contributed by atoms with Gasteiger partial charge in [-0.25, -0.2) is 0 Å². The molecule has 3 nitrogen and oxygen atoms in total. The number of hydrogen-bond donors (Lipinski definition) is 1. The van der Waals surface area contributed by atoms with E-state index in [-0.39, 0.29) is 25.3 Å². The van der Waals surface area contributed by atoms with Crippen molar-refractivity contribution >= 4 is 0 Å². The first-order valence-electron chi connectivity index (χ1n) is 5.14. The molecule has 2 N–H and O–H groups in total. The molecule has 0 bridgehead atoms. The van der Waals surface area contributed by atoms with E-state index in [1.165, 1.54) is 18.2 Å². The van der Waals surface area contributed by atoms with E-state index in [4.69, 9.17) is 15.2 Å². The predicted octanol–water partition coefficient (Wildman–Crippen LogP) is 1.86. The Morgan fingerprint density at radius 3 is 2.29 bits per heavy atom. The first-order chi connectivity index (χ1) is 7.99. The topological polar surface area (TPSA) is 44.5 Å². The largest absolute Gasteiger partial charge is 0.416 e. The van der Waals surface area contributed by atoms with Gasteiger partial charge in [0.25, 0.3) is 0 Å². The van der Waals surface area contributed by atoms with Crippen LogP contribution >= 0.6 is 0 Å². The lowest BCUT2D eigenvalue weighted by Gasteiger charge is -2.28. The highest BCUT2D eigenvalue weighted by Crippen LogP contribution is 2.39. The molecule has 1 aliphatic rings. The Labute approximate surface area is 96.3 Å².